The Balaban J connectivity index is 2.20. The van der Waals surface area contributed by atoms with Crippen molar-refractivity contribution >= 4 is 5.91 Å². The number of hydrogen-bond acceptors (Lipinski definition) is 2. The van der Waals surface area contributed by atoms with Gasteiger partial charge in [-0.3, -0.25) is 4.79 Å². The molecule has 1 aromatic carbocycles. The number of benzene rings is 1. The average molecular weight is 233 g/mol. The van der Waals surface area contributed by atoms with Crippen molar-refractivity contribution in [2.24, 2.45) is 0 Å². The van der Waals surface area contributed by atoms with Crippen LogP contribution in [0, 0.1) is 0 Å². The number of hydrogen-bond donors (Lipinski definition) is 1. The molecule has 0 bridgehead atoms. The fourth-order valence-electron chi connectivity index (χ4n) is 2.42. The largest absolute Gasteiger partial charge is 0.381 e. The Morgan fingerprint density at radius 3 is 2.53 bits per heavy atom. The predicted molar refractivity (Wildman–Crippen MR) is 66.9 cm³/mol. The fourth-order valence-corrected chi connectivity index (χ4v) is 2.42. The monoisotopic (exact) mass is 233 g/mol. The van der Waals surface area contributed by atoms with Crippen molar-refractivity contribution in [3.05, 3.63) is 35.9 Å². The third-order valence-corrected chi connectivity index (χ3v) is 3.51. The number of carbonyl (C=O) groups excluding carboxylic acids is 1. The first kappa shape index (κ1) is 12.1. The van der Waals surface area contributed by atoms with E-state index in [1.54, 1.807) is 6.92 Å². The smallest absolute Gasteiger partial charge is 0.216 e. The maximum Gasteiger partial charge on any atom is 0.216 e. The minimum Gasteiger partial charge on any atom is -0.381 e. The van der Waals surface area contributed by atoms with Crippen LogP contribution in [0.25, 0.3) is 0 Å². The van der Waals surface area contributed by atoms with E-state index < -0.39 is 0 Å². The van der Waals surface area contributed by atoms with Crippen LogP contribution in [0.2, 0.25) is 0 Å². The molecule has 0 atom stereocenters. The lowest BCUT2D eigenvalue weighted by Crippen LogP contribution is -2.44. The highest BCUT2D eigenvalue weighted by Gasteiger charge is 2.34. The van der Waals surface area contributed by atoms with Crippen molar-refractivity contribution in [1.29, 1.82) is 0 Å². The fraction of sp³-hybridized carbons (Fsp3) is 0.500. The van der Waals surface area contributed by atoms with Crippen molar-refractivity contribution in [2.75, 3.05) is 19.8 Å². The molecule has 2 rings (SSSR count). The number of nitrogens with one attached hydrogen (secondary N) is 1. The van der Waals surface area contributed by atoms with Crippen molar-refractivity contribution in [1.82, 2.24) is 5.32 Å². The van der Waals surface area contributed by atoms with E-state index in [-0.39, 0.29) is 11.3 Å². The van der Waals surface area contributed by atoms with Crippen LogP contribution in [0.4, 0.5) is 0 Å². The van der Waals surface area contributed by atoms with Crippen LogP contribution in [0.15, 0.2) is 30.3 Å². The van der Waals surface area contributed by atoms with Crippen LogP contribution in [-0.4, -0.2) is 25.7 Å². The molecule has 1 heterocycles. The number of ether oxygens (including phenoxy) is 1. The minimum absolute atomic E-state index is 0.0341. The lowest BCUT2D eigenvalue weighted by atomic mass is 9.74. The summed E-state index contributed by atoms with van der Waals surface area (Å²) in [6.45, 7) is 3.82. The molecule has 17 heavy (non-hydrogen) atoms. The van der Waals surface area contributed by atoms with Gasteiger partial charge in [-0.25, -0.2) is 0 Å². The molecular formula is C14H19NO2. The molecule has 0 unspecified atom stereocenters. The van der Waals surface area contributed by atoms with Gasteiger partial charge >= 0.3 is 0 Å². The first-order chi connectivity index (χ1) is 8.23. The average Bonchev–Trinajstić information content (AvgIpc) is 2.39. The van der Waals surface area contributed by atoms with E-state index in [1.807, 2.05) is 6.07 Å². The molecular weight excluding hydrogens is 214 g/mol. The van der Waals surface area contributed by atoms with E-state index in [0.717, 1.165) is 26.1 Å². The van der Waals surface area contributed by atoms with Gasteiger partial charge < -0.3 is 10.1 Å². The van der Waals surface area contributed by atoms with E-state index in [0.29, 0.717) is 6.54 Å². The third kappa shape index (κ3) is 2.86. The second kappa shape index (κ2) is 5.32. The van der Waals surface area contributed by atoms with Gasteiger partial charge in [0.2, 0.25) is 5.91 Å². The molecule has 0 radical (unpaired) electrons. The zero-order valence-electron chi connectivity index (χ0n) is 10.2. The molecule has 0 aromatic heterocycles. The minimum atomic E-state index is 0.0341. The van der Waals surface area contributed by atoms with E-state index in [2.05, 4.69) is 29.6 Å². The van der Waals surface area contributed by atoms with Gasteiger partial charge in [-0.1, -0.05) is 30.3 Å². The summed E-state index contributed by atoms with van der Waals surface area (Å²) < 4.78 is 5.44. The van der Waals surface area contributed by atoms with E-state index >= 15 is 0 Å². The molecule has 3 nitrogen and oxygen atoms in total. The number of amides is 1. The summed E-state index contributed by atoms with van der Waals surface area (Å²) in [4.78, 5) is 11.1. The molecule has 0 saturated carbocycles. The molecule has 1 fully saturated rings. The van der Waals surface area contributed by atoms with Gasteiger partial charge in [0, 0.05) is 32.1 Å². The summed E-state index contributed by atoms with van der Waals surface area (Å²) >= 11 is 0. The van der Waals surface area contributed by atoms with Gasteiger partial charge in [-0.15, -0.1) is 0 Å². The summed E-state index contributed by atoms with van der Waals surface area (Å²) in [5.41, 5.74) is 1.35. The number of rotatable bonds is 3. The van der Waals surface area contributed by atoms with E-state index in [9.17, 15) is 4.79 Å². The summed E-state index contributed by atoms with van der Waals surface area (Å²) in [6.07, 6.45) is 1.94. The Hall–Kier alpha value is -1.35. The standard InChI is InChI=1S/C14H19NO2/c1-12(16)15-11-14(7-9-17-10-8-14)13-5-3-2-4-6-13/h2-6H,7-11H2,1H3,(H,15,16). The number of carbonyl (C=O) groups is 1. The Morgan fingerprint density at radius 2 is 1.94 bits per heavy atom. The van der Waals surface area contributed by atoms with Gasteiger partial charge in [0.15, 0.2) is 0 Å². The van der Waals surface area contributed by atoms with Crippen LogP contribution >= 0.6 is 0 Å². The lowest BCUT2D eigenvalue weighted by Gasteiger charge is -2.37. The summed E-state index contributed by atoms with van der Waals surface area (Å²) in [5, 5.41) is 2.96. The maximum atomic E-state index is 11.1. The zero-order valence-corrected chi connectivity index (χ0v) is 10.2. The molecule has 1 saturated heterocycles. The van der Waals surface area contributed by atoms with Gasteiger partial charge in [0.25, 0.3) is 0 Å². The Morgan fingerprint density at radius 1 is 1.29 bits per heavy atom. The molecule has 92 valence electrons. The van der Waals surface area contributed by atoms with Crippen LogP contribution in [0.5, 0.6) is 0 Å². The summed E-state index contributed by atoms with van der Waals surface area (Å²) in [5.74, 6) is 0.0341. The van der Waals surface area contributed by atoms with Crippen LogP contribution in [0.3, 0.4) is 0 Å². The first-order valence-corrected chi connectivity index (χ1v) is 6.11. The highest BCUT2D eigenvalue weighted by molar-refractivity contribution is 5.73. The second-order valence-corrected chi connectivity index (χ2v) is 4.67. The normalized spacial score (nSPS) is 18.6. The van der Waals surface area contributed by atoms with Gasteiger partial charge in [-0.05, 0) is 18.4 Å². The SMILES string of the molecule is CC(=O)NCC1(c2ccccc2)CCOCC1. The van der Waals surface area contributed by atoms with Gasteiger partial charge in [-0.2, -0.15) is 0 Å². The highest BCUT2D eigenvalue weighted by Crippen LogP contribution is 2.34. The third-order valence-electron chi connectivity index (χ3n) is 3.51. The molecule has 0 spiro atoms. The molecule has 1 aromatic rings. The van der Waals surface area contributed by atoms with Crippen LogP contribution < -0.4 is 5.32 Å². The molecule has 1 amide bonds. The molecule has 3 heteroatoms. The quantitative estimate of drug-likeness (QED) is 0.865. The zero-order chi connectivity index (χ0) is 12.1. The van der Waals surface area contributed by atoms with E-state index in [4.69, 9.17) is 4.74 Å². The predicted octanol–water partition coefficient (Wildman–Crippen LogP) is 1.87. The first-order valence-electron chi connectivity index (χ1n) is 6.11. The van der Waals surface area contributed by atoms with Crippen molar-refractivity contribution < 1.29 is 9.53 Å². The highest BCUT2D eigenvalue weighted by atomic mass is 16.5. The van der Waals surface area contributed by atoms with Crippen LogP contribution in [-0.2, 0) is 14.9 Å². The Bertz CT molecular complexity index is 369. The van der Waals surface area contributed by atoms with E-state index in [1.165, 1.54) is 5.56 Å². The topological polar surface area (TPSA) is 38.3 Å². The van der Waals surface area contributed by atoms with Gasteiger partial charge in [0.05, 0.1) is 0 Å². The molecule has 1 N–H and O–H groups in total. The van der Waals surface area contributed by atoms with Crippen LogP contribution in [0.1, 0.15) is 25.3 Å². The van der Waals surface area contributed by atoms with Crippen molar-refractivity contribution in [3.8, 4) is 0 Å². The second-order valence-electron chi connectivity index (χ2n) is 4.67. The van der Waals surface area contributed by atoms with Crippen molar-refractivity contribution in [2.45, 2.75) is 25.2 Å². The summed E-state index contributed by atoms with van der Waals surface area (Å²) in [7, 11) is 0. The summed E-state index contributed by atoms with van der Waals surface area (Å²) in [6, 6.07) is 10.4. The molecule has 1 aliphatic heterocycles. The van der Waals surface area contributed by atoms with Crippen molar-refractivity contribution in [3.63, 3.8) is 0 Å². The molecule has 1 aliphatic rings. The lowest BCUT2D eigenvalue weighted by molar-refractivity contribution is -0.119. The Labute approximate surface area is 102 Å². The molecule has 0 aliphatic carbocycles. The Kier molecular flexibility index (Phi) is 3.79. The maximum absolute atomic E-state index is 11.1. The van der Waals surface area contributed by atoms with Gasteiger partial charge in [0.1, 0.15) is 0 Å².